The first kappa shape index (κ1) is 16.7. The van der Waals surface area contributed by atoms with Crippen molar-refractivity contribution in [1.82, 2.24) is 5.32 Å². The fourth-order valence-electron chi connectivity index (χ4n) is 2.23. The molecule has 0 aliphatic carbocycles. The molecule has 1 rings (SSSR count). The van der Waals surface area contributed by atoms with Crippen molar-refractivity contribution in [1.29, 1.82) is 0 Å². The third-order valence-electron chi connectivity index (χ3n) is 3.99. The van der Waals surface area contributed by atoms with E-state index in [1.807, 2.05) is 0 Å². The Balaban J connectivity index is 2.78. The minimum atomic E-state index is -0.258. The maximum Gasteiger partial charge on any atom is 0.323 e. The summed E-state index contributed by atoms with van der Waals surface area (Å²) in [6.07, 6.45) is 1.98. The third kappa shape index (κ3) is 4.34. The molecule has 0 saturated carbocycles. The molecule has 3 heteroatoms. The van der Waals surface area contributed by atoms with Gasteiger partial charge in [0.2, 0.25) is 0 Å². The number of carbonyl (C=O) groups is 1. The number of benzene rings is 1. The summed E-state index contributed by atoms with van der Waals surface area (Å²) >= 11 is 0. The molecule has 3 atom stereocenters. The number of methoxy groups -OCH3 is 1. The van der Waals surface area contributed by atoms with Crippen LogP contribution in [0.1, 0.15) is 51.3 Å². The molecule has 0 aromatic heterocycles. The van der Waals surface area contributed by atoms with Crippen LogP contribution in [-0.2, 0) is 16.0 Å². The second-order valence-corrected chi connectivity index (χ2v) is 5.37. The van der Waals surface area contributed by atoms with E-state index in [1.165, 1.54) is 18.2 Å². The van der Waals surface area contributed by atoms with Gasteiger partial charge >= 0.3 is 5.97 Å². The Bertz CT molecular complexity index is 414. The quantitative estimate of drug-likeness (QED) is 0.775. The average molecular weight is 277 g/mol. The molecule has 112 valence electrons. The molecule has 1 aromatic carbocycles. The molecule has 0 aliphatic rings. The number of rotatable bonds is 7. The van der Waals surface area contributed by atoms with Crippen LogP contribution >= 0.6 is 0 Å². The number of aryl methyl sites for hydroxylation is 1. The standard InChI is InChI=1S/C17H27NO2/c1-6-12(3)16(17(19)20-5)18-13(4)15-10-8-14(7-2)9-11-15/h8-13,16,18H,6-7H2,1-5H3. The fraction of sp³-hybridized carbons (Fsp3) is 0.588. The highest BCUT2D eigenvalue weighted by atomic mass is 16.5. The zero-order valence-corrected chi connectivity index (χ0v) is 13.3. The summed E-state index contributed by atoms with van der Waals surface area (Å²) < 4.78 is 4.91. The number of hydrogen-bond acceptors (Lipinski definition) is 3. The van der Waals surface area contributed by atoms with Crippen molar-refractivity contribution in [2.75, 3.05) is 7.11 Å². The van der Waals surface area contributed by atoms with E-state index in [9.17, 15) is 4.79 Å². The summed E-state index contributed by atoms with van der Waals surface area (Å²) in [5.41, 5.74) is 2.52. The SMILES string of the molecule is CCc1ccc(C(C)NC(C(=O)OC)C(C)CC)cc1. The fourth-order valence-corrected chi connectivity index (χ4v) is 2.23. The smallest absolute Gasteiger partial charge is 0.323 e. The lowest BCUT2D eigenvalue weighted by atomic mass is 9.97. The molecule has 3 nitrogen and oxygen atoms in total. The highest BCUT2D eigenvalue weighted by Gasteiger charge is 2.26. The highest BCUT2D eigenvalue weighted by molar-refractivity contribution is 5.76. The van der Waals surface area contributed by atoms with Crippen LogP contribution in [0.15, 0.2) is 24.3 Å². The van der Waals surface area contributed by atoms with Crippen LogP contribution in [0, 0.1) is 5.92 Å². The molecule has 3 unspecified atom stereocenters. The van der Waals surface area contributed by atoms with Crippen LogP contribution in [0.25, 0.3) is 0 Å². The number of carbonyl (C=O) groups excluding carboxylic acids is 1. The number of hydrogen-bond donors (Lipinski definition) is 1. The molecule has 0 aliphatic heterocycles. The van der Waals surface area contributed by atoms with Crippen molar-refractivity contribution in [3.8, 4) is 0 Å². The topological polar surface area (TPSA) is 38.3 Å². The Hall–Kier alpha value is -1.35. The minimum Gasteiger partial charge on any atom is -0.468 e. The summed E-state index contributed by atoms with van der Waals surface area (Å²) in [4.78, 5) is 11.9. The molecule has 0 heterocycles. The van der Waals surface area contributed by atoms with Gasteiger partial charge in [-0.05, 0) is 30.4 Å². The van der Waals surface area contributed by atoms with Crippen molar-refractivity contribution in [2.24, 2.45) is 5.92 Å². The van der Waals surface area contributed by atoms with Gasteiger partial charge in [-0.15, -0.1) is 0 Å². The molecule has 0 spiro atoms. The molecule has 0 radical (unpaired) electrons. The Labute approximate surface area is 122 Å². The molecule has 0 bridgehead atoms. The predicted molar refractivity (Wildman–Crippen MR) is 82.6 cm³/mol. The third-order valence-corrected chi connectivity index (χ3v) is 3.99. The van der Waals surface area contributed by atoms with Crippen LogP contribution in [-0.4, -0.2) is 19.1 Å². The number of nitrogens with one attached hydrogen (secondary N) is 1. The summed E-state index contributed by atoms with van der Waals surface area (Å²) in [5.74, 6) is 0.0659. The zero-order chi connectivity index (χ0) is 15.1. The van der Waals surface area contributed by atoms with E-state index in [-0.39, 0.29) is 24.0 Å². The van der Waals surface area contributed by atoms with Crippen LogP contribution in [0.5, 0.6) is 0 Å². The first-order valence-corrected chi connectivity index (χ1v) is 7.46. The lowest BCUT2D eigenvalue weighted by molar-refractivity contribution is -0.144. The largest absolute Gasteiger partial charge is 0.468 e. The molecule has 1 N–H and O–H groups in total. The molecule has 1 aromatic rings. The van der Waals surface area contributed by atoms with Crippen LogP contribution < -0.4 is 5.32 Å². The van der Waals surface area contributed by atoms with Gasteiger partial charge in [0.05, 0.1) is 7.11 Å². The zero-order valence-electron chi connectivity index (χ0n) is 13.3. The van der Waals surface area contributed by atoms with Crippen molar-refractivity contribution >= 4 is 5.97 Å². The lowest BCUT2D eigenvalue weighted by Gasteiger charge is -2.26. The Morgan fingerprint density at radius 3 is 2.25 bits per heavy atom. The van der Waals surface area contributed by atoms with Crippen molar-refractivity contribution in [3.63, 3.8) is 0 Å². The van der Waals surface area contributed by atoms with Gasteiger partial charge in [-0.2, -0.15) is 0 Å². The Morgan fingerprint density at radius 2 is 1.80 bits per heavy atom. The van der Waals surface area contributed by atoms with Gasteiger partial charge in [-0.25, -0.2) is 0 Å². The lowest BCUT2D eigenvalue weighted by Crippen LogP contribution is -2.43. The average Bonchev–Trinajstić information content (AvgIpc) is 2.50. The molecule has 0 amide bonds. The van der Waals surface area contributed by atoms with E-state index in [0.29, 0.717) is 0 Å². The van der Waals surface area contributed by atoms with Gasteiger partial charge in [0.15, 0.2) is 0 Å². The van der Waals surface area contributed by atoms with Gasteiger partial charge in [0.1, 0.15) is 6.04 Å². The van der Waals surface area contributed by atoms with Crippen molar-refractivity contribution in [2.45, 2.75) is 52.6 Å². The normalized spacial score (nSPS) is 15.4. The second-order valence-electron chi connectivity index (χ2n) is 5.37. The first-order chi connectivity index (χ1) is 9.53. The van der Waals surface area contributed by atoms with Gasteiger partial charge in [-0.1, -0.05) is 51.5 Å². The van der Waals surface area contributed by atoms with E-state index in [1.54, 1.807) is 0 Å². The Kier molecular flexibility index (Phi) is 6.73. The van der Waals surface area contributed by atoms with E-state index in [4.69, 9.17) is 4.74 Å². The van der Waals surface area contributed by atoms with Gasteiger partial charge < -0.3 is 4.74 Å². The van der Waals surface area contributed by atoms with E-state index in [2.05, 4.69) is 57.3 Å². The number of ether oxygens (including phenoxy) is 1. The molecular formula is C17H27NO2. The first-order valence-electron chi connectivity index (χ1n) is 7.46. The Morgan fingerprint density at radius 1 is 1.20 bits per heavy atom. The van der Waals surface area contributed by atoms with Crippen molar-refractivity contribution in [3.05, 3.63) is 35.4 Å². The van der Waals surface area contributed by atoms with Gasteiger partial charge in [-0.3, -0.25) is 10.1 Å². The molecule has 0 saturated heterocycles. The van der Waals surface area contributed by atoms with E-state index in [0.717, 1.165) is 12.8 Å². The summed E-state index contributed by atoms with van der Waals surface area (Å²) in [7, 11) is 1.44. The van der Waals surface area contributed by atoms with Gasteiger partial charge in [0, 0.05) is 6.04 Å². The molecule has 20 heavy (non-hydrogen) atoms. The second kappa shape index (κ2) is 8.05. The van der Waals surface area contributed by atoms with E-state index < -0.39 is 0 Å². The maximum atomic E-state index is 11.9. The summed E-state index contributed by atoms with van der Waals surface area (Å²) in [6.45, 7) is 8.39. The van der Waals surface area contributed by atoms with E-state index >= 15 is 0 Å². The predicted octanol–water partition coefficient (Wildman–Crippen LogP) is 3.49. The monoisotopic (exact) mass is 277 g/mol. The van der Waals surface area contributed by atoms with Crippen LogP contribution in [0.3, 0.4) is 0 Å². The highest BCUT2D eigenvalue weighted by Crippen LogP contribution is 2.18. The summed E-state index contributed by atoms with van der Waals surface area (Å²) in [5, 5.41) is 3.40. The van der Waals surface area contributed by atoms with Crippen LogP contribution in [0.4, 0.5) is 0 Å². The van der Waals surface area contributed by atoms with Gasteiger partial charge in [0.25, 0.3) is 0 Å². The molecule has 0 fully saturated rings. The number of esters is 1. The van der Waals surface area contributed by atoms with Crippen molar-refractivity contribution < 1.29 is 9.53 Å². The van der Waals surface area contributed by atoms with Crippen LogP contribution in [0.2, 0.25) is 0 Å². The molecular weight excluding hydrogens is 250 g/mol. The maximum absolute atomic E-state index is 11.9. The minimum absolute atomic E-state index is 0.124. The summed E-state index contributed by atoms with van der Waals surface area (Å²) in [6, 6.07) is 8.40.